The van der Waals surface area contributed by atoms with E-state index in [1.165, 1.54) is 28.6 Å². The van der Waals surface area contributed by atoms with Gasteiger partial charge in [-0.25, -0.2) is 8.42 Å². The number of sulfonamides is 1. The summed E-state index contributed by atoms with van der Waals surface area (Å²) >= 11 is 5.87. The van der Waals surface area contributed by atoms with Crippen molar-refractivity contribution in [2.24, 2.45) is 0 Å². The second-order valence-corrected chi connectivity index (χ2v) is 9.30. The average molecular weight is 437 g/mol. The highest BCUT2D eigenvalue weighted by Gasteiger charge is 2.39. The number of benzene rings is 2. The van der Waals surface area contributed by atoms with Gasteiger partial charge in [0, 0.05) is 11.6 Å². The summed E-state index contributed by atoms with van der Waals surface area (Å²) in [4.78, 5) is 13.1. The van der Waals surface area contributed by atoms with Crippen LogP contribution in [-0.4, -0.2) is 38.3 Å². The summed E-state index contributed by atoms with van der Waals surface area (Å²) in [6, 6.07) is 12.6. The van der Waals surface area contributed by atoms with Gasteiger partial charge in [0.1, 0.15) is 11.8 Å². The zero-order valence-corrected chi connectivity index (χ0v) is 18.0. The van der Waals surface area contributed by atoms with Gasteiger partial charge in [0.25, 0.3) is 0 Å². The highest BCUT2D eigenvalue weighted by molar-refractivity contribution is 7.89. The molecule has 0 saturated carbocycles. The predicted molar refractivity (Wildman–Crippen MR) is 113 cm³/mol. The minimum Gasteiger partial charge on any atom is -0.497 e. The maximum atomic E-state index is 13.0. The summed E-state index contributed by atoms with van der Waals surface area (Å²) in [5, 5.41) is 3.48. The molecule has 0 unspecified atom stereocenters. The number of nitrogens with one attached hydrogen (secondary N) is 1. The van der Waals surface area contributed by atoms with Crippen LogP contribution in [0.3, 0.4) is 0 Å². The van der Waals surface area contributed by atoms with Gasteiger partial charge in [-0.2, -0.15) is 4.31 Å². The average Bonchev–Trinajstić information content (AvgIpc) is 3.23. The van der Waals surface area contributed by atoms with Gasteiger partial charge in [-0.3, -0.25) is 4.79 Å². The van der Waals surface area contributed by atoms with Crippen LogP contribution in [0.4, 0.5) is 0 Å². The number of hydrogen-bond donors (Lipinski definition) is 1. The number of hydrogen-bond acceptors (Lipinski definition) is 4. The fourth-order valence-electron chi connectivity index (χ4n) is 3.56. The molecule has 1 N–H and O–H groups in total. The second kappa shape index (κ2) is 9.15. The number of nitrogens with zero attached hydrogens (tertiary/aromatic N) is 1. The maximum Gasteiger partial charge on any atom is 0.243 e. The number of methoxy groups -OCH3 is 1. The van der Waals surface area contributed by atoms with Crippen LogP contribution in [0, 0.1) is 0 Å². The monoisotopic (exact) mass is 436 g/mol. The Morgan fingerprint density at radius 2 is 1.86 bits per heavy atom. The summed E-state index contributed by atoms with van der Waals surface area (Å²) in [5.41, 5.74) is 0.951. The van der Waals surface area contributed by atoms with E-state index < -0.39 is 16.1 Å². The summed E-state index contributed by atoms with van der Waals surface area (Å²) in [6.45, 7) is 2.30. The smallest absolute Gasteiger partial charge is 0.243 e. The second-order valence-electron chi connectivity index (χ2n) is 6.97. The molecule has 0 aliphatic carbocycles. The number of halogens is 1. The largest absolute Gasteiger partial charge is 0.497 e. The van der Waals surface area contributed by atoms with Crippen molar-refractivity contribution in [2.45, 2.75) is 43.2 Å². The van der Waals surface area contributed by atoms with Crippen molar-refractivity contribution in [3.8, 4) is 5.75 Å². The first-order valence-corrected chi connectivity index (χ1v) is 11.4. The molecule has 1 heterocycles. The van der Waals surface area contributed by atoms with Crippen LogP contribution in [0.15, 0.2) is 53.4 Å². The Balaban J connectivity index is 1.77. The molecule has 3 rings (SSSR count). The lowest BCUT2D eigenvalue weighted by atomic mass is 10.0. The van der Waals surface area contributed by atoms with Crippen LogP contribution in [0.5, 0.6) is 5.75 Å². The molecule has 1 fully saturated rings. The highest BCUT2D eigenvalue weighted by atomic mass is 35.5. The highest BCUT2D eigenvalue weighted by Crippen LogP contribution is 2.28. The molecule has 8 heteroatoms. The Bertz CT molecular complexity index is 946. The fraction of sp³-hybridized carbons (Fsp3) is 0.381. The molecule has 2 aromatic rings. The summed E-state index contributed by atoms with van der Waals surface area (Å²) in [6.07, 6.45) is 1.83. The van der Waals surface area contributed by atoms with E-state index in [4.69, 9.17) is 16.3 Å². The molecule has 29 heavy (non-hydrogen) atoms. The van der Waals surface area contributed by atoms with Crippen LogP contribution < -0.4 is 10.1 Å². The van der Waals surface area contributed by atoms with E-state index in [2.05, 4.69) is 5.32 Å². The van der Waals surface area contributed by atoms with Crippen molar-refractivity contribution in [2.75, 3.05) is 13.7 Å². The predicted octanol–water partition coefficient (Wildman–Crippen LogP) is 3.77. The minimum absolute atomic E-state index is 0.142. The quantitative estimate of drug-likeness (QED) is 0.716. The van der Waals surface area contributed by atoms with Crippen molar-refractivity contribution >= 4 is 27.5 Å². The fourth-order valence-corrected chi connectivity index (χ4v) is 5.34. The zero-order valence-electron chi connectivity index (χ0n) is 16.5. The molecule has 1 aliphatic rings. The van der Waals surface area contributed by atoms with Gasteiger partial charge in [0.15, 0.2) is 0 Å². The lowest BCUT2D eigenvalue weighted by Crippen LogP contribution is -2.46. The molecule has 0 bridgehead atoms. The number of carbonyl (C=O) groups is 1. The molecule has 0 spiro atoms. The van der Waals surface area contributed by atoms with Crippen LogP contribution >= 0.6 is 11.6 Å². The van der Waals surface area contributed by atoms with E-state index in [9.17, 15) is 13.2 Å². The third kappa shape index (κ3) is 4.74. The van der Waals surface area contributed by atoms with Crippen molar-refractivity contribution in [3.63, 3.8) is 0 Å². The van der Waals surface area contributed by atoms with Crippen molar-refractivity contribution in [1.29, 1.82) is 0 Å². The molecule has 2 atom stereocenters. The van der Waals surface area contributed by atoms with E-state index in [-0.39, 0.29) is 16.8 Å². The summed E-state index contributed by atoms with van der Waals surface area (Å²) in [5.74, 6) is 0.466. The Morgan fingerprint density at radius 3 is 2.45 bits per heavy atom. The SMILES string of the molecule is CC[C@@H](NC(=O)[C@@H]1CCCN1S(=O)(=O)c1ccc(Cl)cc1)c1ccc(OC)cc1. The van der Waals surface area contributed by atoms with Gasteiger partial charge in [0.2, 0.25) is 15.9 Å². The Kier molecular flexibility index (Phi) is 6.82. The zero-order chi connectivity index (χ0) is 21.0. The first-order chi connectivity index (χ1) is 13.9. The van der Waals surface area contributed by atoms with Gasteiger partial charge in [-0.05, 0) is 61.2 Å². The Labute approximate surface area is 176 Å². The minimum atomic E-state index is -3.77. The number of amides is 1. The summed E-state index contributed by atoms with van der Waals surface area (Å²) in [7, 11) is -2.17. The number of rotatable bonds is 7. The van der Waals surface area contributed by atoms with Gasteiger partial charge in [-0.1, -0.05) is 30.7 Å². The van der Waals surface area contributed by atoms with Gasteiger partial charge < -0.3 is 10.1 Å². The summed E-state index contributed by atoms with van der Waals surface area (Å²) < 4.78 is 32.6. The third-order valence-corrected chi connectivity index (χ3v) is 7.34. The van der Waals surface area contributed by atoms with Gasteiger partial charge in [-0.15, -0.1) is 0 Å². The number of ether oxygens (including phenoxy) is 1. The molecule has 2 aromatic carbocycles. The molecule has 1 saturated heterocycles. The standard InChI is InChI=1S/C21H25ClN2O4S/c1-3-19(15-6-10-17(28-2)11-7-15)23-21(25)20-5-4-14-24(20)29(26,27)18-12-8-16(22)9-13-18/h6-13,19-20H,3-5,14H2,1-2H3,(H,23,25)/t19-,20+/m1/s1. The van der Waals surface area contributed by atoms with Crippen molar-refractivity contribution in [1.82, 2.24) is 9.62 Å². The van der Waals surface area contributed by atoms with E-state index in [0.29, 0.717) is 30.8 Å². The molecule has 156 valence electrons. The normalized spacial score (nSPS) is 18.4. The van der Waals surface area contributed by atoms with Crippen molar-refractivity contribution in [3.05, 3.63) is 59.1 Å². The van der Waals surface area contributed by atoms with E-state index in [0.717, 1.165) is 11.3 Å². The molecule has 0 radical (unpaired) electrons. The first-order valence-electron chi connectivity index (χ1n) is 9.58. The van der Waals surface area contributed by atoms with Gasteiger partial charge >= 0.3 is 0 Å². The Hall–Kier alpha value is -2.09. The molecular weight excluding hydrogens is 412 g/mol. The molecule has 6 nitrogen and oxygen atoms in total. The van der Waals surface area contributed by atoms with E-state index in [1.807, 2.05) is 31.2 Å². The van der Waals surface area contributed by atoms with Crippen LogP contribution in [0.25, 0.3) is 0 Å². The van der Waals surface area contributed by atoms with Crippen LogP contribution in [0.2, 0.25) is 5.02 Å². The molecule has 0 aromatic heterocycles. The topological polar surface area (TPSA) is 75.7 Å². The number of carbonyl (C=O) groups excluding carboxylic acids is 1. The van der Waals surface area contributed by atoms with Gasteiger partial charge in [0.05, 0.1) is 18.0 Å². The maximum absolute atomic E-state index is 13.0. The van der Waals surface area contributed by atoms with Crippen molar-refractivity contribution < 1.29 is 17.9 Å². The van der Waals surface area contributed by atoms with Crippen LogP contribution in [-0.2, 0) is 14.8 Å². The Morgan fingerprint density at radius 1 is 1.21 bits per heavy atom. The lowest BCUT2D eigenvalue weighted by Gasteiger charge is -2.26. The molecule has 1 amide bonds. The molecule has 1 aliphatic heterocycles. The van der Waals surface area contributed by atoms with E-state index >= 15 is 0 Å². The lowest BCUT2D eigenvalue weighted by molar-refractivity contribution is -0.125. The third-order valence-electron chi connectivity index (χ3n) is 5.17. The first kappa shape index (κ1) is 21.6. The van der Waals surface area contributed by atoms with Crippen LogP contribution in [0.1, 0.15) is 37.8 Å². The molecular formula is C21H25ClN2O4S. The van der Waals surface area contributed by atoms with E-state index in [1.54, 1.807) is 7.11 Å².